The van der Waals surface area contributed by atoms with Crippen LogP contribution in [0.25, 0.3) is 11.0 Å². The number of fused-ring (bicyclic) bond motifs is 1. The van der Waals surface area contributed by atoms with Gasteiger partial charge in [-0.1, -0.05) is 18.6 Å². The Morgan fingerprint density at radius 3 is 2.57 bits per heavy atom. The van der Waals surface area contributed by atoms with E-state index in [0.29, 0.717) is 11.7 Å². The molecule has 0 aliphatic carbocycles. The highest BCUT2D eigenvalue weighted by Gasteiger charge is 2.16. The molecule has 1 saturated heterocycles. The van der Waals surface area contributed by atoms with Crippen LogP contribution >= 0.6 is 11.3 Å². The zero-order valence-corrected chi connectivity index (χ0v) is 16.9. The van der Waals surface area contributed by atoms with Gasteiger partial charge in [0.25, 0.3) is 0 Å². The fourth-order valence-electron chi connectivity index (χ4n) is 3.82. The Morgan fingerprint density at radius 2 is 1.86 bits per heavy atom. The summed E-state index contributed by atoms with van der Waals surface area (Å²) in [5.41, 5.74) is 2.45. The van der Waals surface area contributed by atoms with Crippen LogP contribution in [0.3, 0.4) is 0 Å². The molecule has 1 N–H and O–H groups in total. The Hall–Kier alpha value is -2.45. The Labute approximate surface area is 167 Å². The smallest absolute Gasteiger partial charge is 0.300 e. The molecule has 28 heavy (non-hydrogen) atoms. The zero-order valence-electron chi connectivity index (χ0n) is 16.1. The van der Waals surface area contributed by atoms with Crippen LogP contribution in [0.15, 0.2) is 34.4 Å². The van der Waals surface area contributed by atoms with Crippen molar-refractivity contribution >= 4 is 33.4 Å². The topological polar surface area (TPSA) is 72.2 Å². The molecular weight excluding hydrogens is 374 g/mol. The van der Waals surface area contributed by atoms with Gasteiger partial charge in [-0.15, -0.1) is 11.3 Å². The van der Waals surface area contributed by atoms with Gasteiger partial charge < -0.3 is 5.32 Å². The molecule has 3 aromatic rings. The van der Waals surface area contributed by atoms with Crippen molar-refractivity contribution < 1.29 is 4.79 Å². The van der Waals surface area contributed by atoms with Crippen molar-refractivity contribution in [2.24, 2.45) is 0 Å². The normalized spacial score (nSPS) is 15.2. The summed E-state index contributed by atoms with van der Waals surface area (Å²) in [5, 5.41) is 5.43. The minimum atomic E-state index is -0.236. The Bertz CT molecular complexity index is 1030. The van der Waals surface area contributed by atoms with E-state index in [1.807, 2.05) is 36.6 Å². The number of carbonyl (C=O) groups is 1. The maximum Gasteiger partial charge on any atom is 0.329 e. The van der Waals surface area contributed by atoms with Crippen molar-refractivity contribution in [2.45, 2.75) is 45.8 Å². The van der Waals surface area contributed by atoms with Crippen LogP contribution in [0, 0.1) is 0 Å². The largest absolute Gasteiger partial charge is 0.329 e. The molecule has 1 fully saturated rings. The lowest BCUT2D eigenvalue weighted by molar-refractivity contribution is -0.116. The molecule has 3 heterocycles. The van der Waals surface area contributed by atoms with E-state index in [-0.39, 0.29) is 18.1 Å². The van der Waals surface area contributed by atoms with E-state index < -0.39 is 0 Å². The average Bonchev–Trinajstić information content (AvgIpc) is 3.25. The van der Waals surface area contributed by atoms with E-state index in [2.05, 4.69) is 15.2 Å². The quantitative estimate of drug-likeness (QED) is 0.692. The maximum absolute atomic E-state index is 12.7. The first-order valence-electron chi connectivity index (χ1n) is 9.80. The first-order chi connectivity index (χ1) is 13.7. The number of amides is 1. The Kier molecular flexibility index (Phi) is 5.59. The fourth-order valence-corrected chi connectivity index (χ4v) is 4.53. The van der Waals surface area contributed by atoms with E-state index in [4.69, 9.17) is 0 Å². The van der Waals surface area contributed by atoms with Crippen LogP contribution in [-0.4, -0.2) is 38.0 Å². The van der Waals surface area contributed by atoms with Crippen molar-refractivity contribution in [1.29, 1.82) is 0 Å². The second-order valence-corrected chi connectivity index (χ2v) is 7.99. The van der Waals surface area contributed by atoms with Gasteiger partial charge in [-0.2, -0.15) is 0 Å². The number of benzene rings is 1. The molecule has 1 aliphatic rings. The highest BCUT2D eigenvalue weighted by Crippen LogP contribution is 2.19. The summed E-state index contributed by atoms with van der Waals surface area (Å²) in [4.78, 5) is 32.2. The van der Waals surface area contributed by atoms with Crippen LogP contribution in [0.1, 0.15) is 31.9 Å². The van der Waals surface area contributed by atoms with Crippen molar-refractivity contribution in [2.75, 3.05) is 18.4 Å². The molecule has 148 valence electrons. The molecule has 1 amide bonds. The number of likely N-dealkylation sites (tertiary alicyclic amines) is 1. The van der Waals surface area contributed by atoms with E-state index in [9.17, 15) is 9.59 Å². The van der Waals surface area contributed by atoms with E-state index >= 15 is 0 Å². The number of aromatic nitrogens is 3. The van der Waals surface area contributed by atoms with E-state index in [0.717, 1.165) is 36.4 Å². The van der Waals surface area contributed by atoms with Crippen LogP contribution in [0.4, 0.5) is 5.13 Å². The number of nitrogens with zero attached hydrogens (tertiary/aromatic N) is 4. The lowest BCUT2D eigenvalue weighted by atomic mass is 10.1. The van der Waals surface area contributed by atoms with Crippen LogP contribution < -0.4 is 11.0 Å². The van der Waals surface area contributed by atoms with E-state index in [1.165, 1.54) is 35.2 Å². The second kappa shape index (κ2) is 8.28. The number of anilines is 1. The second-order valence-electron chi connectivity index (χ2n) is 7.13. The van der Waals surface area contributed by atoms with Crippen LogP contribution in [-0.2, 0) is 24.4 Å². The molecule has 7 nitrogen and oxygen atoms in total. The third-order valence-electron chi connectivity index (χ3n) is 5.18. The van der Waals surface area contributed by atoms with Gasteiger partial charge in [0.15, 0.2) is 5.13 Å². The first-order valence-corrected chi connectivity index (χ1v) is 10.7. The minimum absolute atomic E-state index is 0.0205. The standard InChI is InChI=1S/C20H25N5O2S/c1-2-24-16-8-4-5-9-17(16)25(20(24)27)13-18(26)22-19-21-15(14-28-19)12-23-10-6-3-7-11-23/h4-5,8-9,14H,2-3,6-7,10-13H2,1H3,(H,21,22,26). The molecule has 2 aromatic heterocycles. The Morgan fingerprint density at radius 1 is 1.14 bits per heavy atom. The molecular formula is C20H25N5O2S. The lowest BCUT2D eigenvalue weighted by Crippen LogP contribution is -2.29. The number of hydrogen-bond donors (Lipinski definition) is 1. The number of carbonyl (C=O) groups excluding carboxylic acids is 1. The molecule has 8 heteroatoms. The summed E-state index contributed by atoms with van der Waals surface area (Å²) < 4.78 is 3.21. The number of thiazole rings is 1. The molecule has 0 unspecified atom stereocenters. The molecule has 0 radical (unpaired) electrons. The predicted octanol–water partition coefficient (Wildman–Crippen LogP) is 2.90. The molecule has 0 saturated carbocycles. The number of aryl methyl sites for hydroxylation is 1. The number of piperidine rings is 1. The molecule has 4 rings (SSSR count). The van der Waals surface area contributed by atoms with Crippen LogP contribution in [0.5, 0.6) is 0 Å². The molecule has 0 bridgehead atoms. The summed E-state index contributed by atoms with van der Waals surface area (Å²) in [6.45, 7) is 5.54. The minimum Gasteiger partial charge on any atom is -0.300 e. The third kappa shape index (κ3) is 3.88. The van der Waals surface area contributed by atoms with Crippen molar-refractivity contribution in [1.82, 2.24) is 19.0 Å². The van der Waals surface area contributed by atoms with Gasteiger partial charge >= 0.3 is 5.69 Å². The third-order valence-corrected chi connectivity index (χ3v) is 5.98. The summed E-state index contributed by atoms with van der Waals surface area (Å²) in [5.74, 6) is -0.236. The Balaban J connectivity index is 1.45. The van der Waals surface area contributed by atoms with Crippen molar-refractivity contribution in [3.8, 4) is 0 Å². The summed E-state index contributed by atoms with van der Waals surface area (Å²) in [6.07, 6.45) is 3.80. The summed E-state index contributed by atoms with van der Waals surface area (Å²) in [6, 6.07) is 7.56. The van der Waals surface area contributed by atoms with Crippen LogP contribution in [0.2, 0.25) is 0 Å². The van der Waals surface area contributed by atoms with Gasteiger partial charge in [0, 0.05) is 18.5 Å². The van der Waals surface area contributed by atoms with E-state index in [1.54, 1.807) is 4.57 Å². The molecule has 1 aromatic carbocycles. The monoisotopic (exact) mass is 399 g/mol. The van der Waals surface area contributed by atoms with Crippen molar-refractivity contribution in [3.63, 3.8) is 0 Å². The molecule has 1 aliphatic heterocycles. The van der Waals surface area contributed by atoms with Gasteiger partial charge in [0.1, 0.15) is 6.54 Å². The number of hydrogen-bond acceptors (Lipinski definition) is 5. The van der Waals surface area contributed by atoms with Gasteiger partial charge in [0.2, 0.25) is 5.91 Å². The van der Waals surface area contributed by atoms with Gasteiger partial charge in [-0.3, -0.25) is 18.8 Å². The highest BCUT2D eigenvalue weighted by atomic mass is 32.1. The maximum atomic E-state index is 12.7. The zero-order chi connectivity index (χ0) is 19.5. The average molecular weight is 400 g/mol. The number of nitrogens with one attached hydrogen (secondary N) is 1. The number of imidazole rings is 1. The highest BCUT2D eigenvalue weighted by molar-refractivity contribution is 7.13. The molecule has 0 atom stereocenters. The fraction of sp³-hybridized carbons (Fsp3) is 0.450. The van der Waals surface area contributed by atoms with Crippen molar-refractivity contribution in [3.05, 3.63) is 45.8 Å². The SMILES string of the molecule is CCn1c(=O)n(CC(=O)Nc2nc(CN3CCCCC3)cs2)c2ccccc21. The first kappa shape index (κ1) is 18.9. The van der Waals surface area contributed by atoms with Gasteiger partial charge in [0.05, 0.1) is 16.7 Å². The summed E-state index contributed by atoms with van der Waals surface area (Å²) >= 11 is 1.43. The lowest BCUT2D eigenvalue weighted by Gasteiger charge is -2.25. The number of rotatable bonds is 6. The molecule has 0 spiro atoms. The number of para-hydroxylation sites is 2. The predicted molar refractivity (Wildman–Crippen MR) is 112 cm³/mol. The van der Waals surface area contributed by atoms with Gasteiger partial charge in [-0.25, -0.2) is 9.78 Å². The van der Waals surface area contributed by atoms with Gasteiger partial charge in [-0.05, 0) is 45.0 Å². The summed E-state index contributed by atoms with van der Waals surface area (Å²) in [7, 11) is 0.